The third-order valence-electron chi connectivity index (χ3n) is 8.17. The van der Waals surface area contributed by atoms with Crippen molar-refractivity contribution in [2.24, 2.45) is 0 Å². The molecule has 2 aromatic heterocycles. The molecule has 11 heteroatoms. The van der Waals surface area contributed by atoms with Crippen LogP contribution in [0.3, 0.4) is 0 Å². The second-order valence-electron chi connectivity index (χ2n) is 11.1. The number of hydrogen-bond donors (Lipinski definition) is 2. The van der Waals surface area contributed by atoms with Gasteiger partial charge >= 0.3 is 6.03 Å². The minimum absolute atomic E-state index is 0.102. The quantitative estimate of drug-likeness (QED) is 0.462. The van der Waals surface area contributed by atoms with Gasteiger partial charge in [0.05, 0.1) is 43.0 Å². The van der Waals surface area contributed by atoms with Gasteiger partial charge in [-0.3, -0.25) is 0 Å². The summed E-state index contributed by atoms with van der Waals surface area (Å²) >= 11 is 0. The molecule has 0 bridgehead atoms. The Hall–Kier alpha value is -3.28. The van der Waals surface area contributed by atoms with E-state index in [0.29, 0.717) is 24.7 Å². The van der Waals surface area contributed by atoms with E-state index < -0.39 is 5.79 Å². The highest BCUT2D eigenvalue weighted by atomic mass is 16.7. The maximum Gasteiger partial charge on any atom is 0.318 e. The van der Waals surface area contributed by atoms with Crippen LogP contribution >= 0.6 is 0 Å². The van der Waals surface area contributed by atoms with Gasteiger partial charge in [0.1, 0.15) is 5.82 Å². The Labute approximate surface area is 234 Å². The predicted molar refractivity (Wildman–Crippen MR) is 152 cm³/mol. The summed E-state index contributed by atoms with van der Waals surface area (Å²) in [6.07, 6.45) is 7.80. The fraction of sp³-hybridized carbons (Fsp3) is 0.586. The molecule has 2 aliphatic heterocycles. The van der Waals surface area contributed by atoms with Crippen molar-refractivity contribution in [1.82, 2.24) is 25.1 Å². The Morgan fingerprint density at radius 2 is 1.85 bits per heavy atom. The third kappa shape index (κ3) is 5.37. The predicted octanol–water partition coefficient (Wildman–Crippen LogP) is 4.50. The van der Waals surface area contributed by atoms with Gasteiger partial charge in [-0.2, -0.15) is 5.10 Å². The number of hydrogen-bond acceptors (Lipinski definition) is 8. The van der Waals surface area contributed by atoms with Gasteiger partial charge in [-0.1, -0.05) is 13.3 Å². The number of carbonyl (C=O) groups excluding carboxylic acids is 1. The zero-order valence-electron chi connectivity index (χ0n) is 23.6. The largest absolute Gasteiger partial charge is 0.372 e. The monoisotopic (exact) mass is 549 g/mol. The highest BCUT2D eigenvalue weighted by Gasteiger charge is 2.41. The Balaban J connectivity index is 1.37. The second kappa shape index (κ2) is 11.3. The van der Waals surface area contributed by atoms with E-state index in [1.54, 1.807) is 7.05 Å². The Kier molecular flexibility index (Phi) is 7.61. The average Bonchev–Trinajstić information content (AvgIpc) is 3.61. The highest BCUT2D eigenvalue weighted by Crippen LogP contribution is 2.41. The van der Waals surface area contributed by atoms with Crippen molar-refractivity contribution in [3.8, 4) is 11.4 Å². The molecule has 4 heterocycles. The second-order valence-corrected chi connectivity index (χ2v) is 11.1. The van der Waals surface area contributed by atoms with Crippen LogP contribution < -0.4 is 15.5 Å². The summed E-state index contributed by atoms with van der Waals surface area (Å²) in [6, 6.07) is 7.57. The molecule has 2 amide bonds. The molecule has 1 aromatic carbocycles. The Bertz CT molecular complexity index is 1330. The molecule has 6 rings (SSSR count). The molecule has 3 aliphatic rings. The number of rotatable bonds is 6. The minimum atomic E-state index is -0.423. The van der Waals surface area contributed by atoms with E-state index in [0.717, 1.165) is 74.0 Å². The fourth-order valence-electron chi connectivity index (χ4n) is 6.22. The fourth-order valence-corrected chi connectivity index (χ4v) is 6.22. The van der Waals surface area contributed by atoms with Gasteiger partial charge in [0.2, 0.25) is 0 Å². The lowest BCUT2D eigenvalue weighted by Gasteiger charge is -2.38. The molecule has 1 spiro atoms. The van der Waals surface area contributed by atoms with Crippen molar-refractivity contribution >= 4 is 28.6 Å². The summed E-state index contributed by atoms with van der Waals surface area (Å²) in [5.74, 6) is 1.11. The molecule has 0 radical (unpaired) electrons. The summed E-state index contributed by atoms with van der Waals surface area (Å²) in [5, 5.41) is 11.2. The normalized spacial score (nSPS) is 23.1. The smallest absolute Gasteiger partial charge is 0.318 e. The third-order valence-corrected chi connectivity index (χ3v) is 8.17. The van der Waals surface area contributed by atoms with Crippen LogP contribution in [0.2, 0.25) is 0 Å². The maximum absolute atomic E-state index is 11.8. The Morgan fingerprint density at radius 1 is 1.10 bits per heavy atom. The van der Waals surface area contributed by atoms with Gasteiger partial charge in [-0.15, -0.1) is 0 Å². The maximum atomic E-state index is 11.8. The molecule has 3 fully saturated rings. The number of nitrogens with zero attached hydrogens (tertiary/aromatic N) is 5. The number of amides is 2. The lowest BCUT2D eigenvalue weighted by Crippen LogP contribution is -2.47. The van der Waals surface area contributed by atoms with Crippen LogP contribution in [0.4, 0.5) is 16.3 Å². The number of benzene rings is 1. The van der Waals surface area contributed by atoms with Gasteiger partial charge in [0.25, 0.3) is 0 Å². The molecular formula is C29H39N7O4. The van der Waals surface area contributed by atoms with E-state index in [9.17, 15) is 4.79 Å². The molecule has 3 aromatic rings. The first-order valence-electron chi connectivity index (χ1n) is 14.5. The minimum Gasteiger partial charge on any atom is -0.372 e. The van der Waals surface area contributed by atoms with Crippen molar-refractivity contribution < 1.29 is 19.0 Å². The summed E-state index contributed by atoms with van der Waals surface area (Å²) in [4.78, 5) is 24.3. The number of urea groups is 1. The van der Waals surface area contributed by atoms with Crippen molar-refractivity contribution in [1.29, 1.82) is 0 Å². The van der Waals surface area contributed by atoms with Crippen LogP contribution in [0.5, 0.6) is 0 Å². The SMILES string of the molecule is CCCC1CN(c2nc(-c3ccc(NC(=O)NC)cc3)nc3c2cnn3C2CCC3(CC2)OCCO3)CC(C)O1. The standard InChI is InChI=1S/C29H39N7O4/c1-4-5-23-18-35(17-19(2)40-23)26-24-16-31-36(22-10-12-29(13-11-22)38-14-15-39-29)27(24)34-25(33-26)20-6-8-21(9-7-20)32-28(37)30-3/h6-9,16,19,22-23H,4-5,10-15,17-18H2,1-3H3,(H2,30,32,37). The first-order valence-corrected chi connectivity index (χ1v) is 14.5. The van der Waals surface area contributed by atoms with E-state index in [-0.39, 0.29) is 24.3 Å². The topological polar surface area (TPSA) is 116 Å². The number of ether oxygens (including phenoxy) is 3. The number of morpholine rings is 1. The van der Waals surface area contributed by atoms with Crippen LogP contribution in [0.25, 0.3) is 22.4 Å². The number of fused-ring (bicyclic) bond motifs is 1. The van der Waals surface area contributed by atoms with Crippen molar-refractivity contribution in [3.63, 3.8) is 0 Å². The molecule has 214 valence electrons. The molecule has 2 atom stereocenters. The molecule has 2 unspecified atom stereocenters. The van der Waals surface area contributed by atoms with Gasteiger partial charge in [-0.25, -0.2) is 19.4 Å². The highest BCUT2D eigenvalue weighted by molar-refractivity contribution is 5.90. The number of anilines is 2. The zero-order valence-corrected chi connectivity index (χ0v) is 23.6. The van der Waals surface area contributed by atoms with Crippen molar-refractivity contribution in [3.05, 3.63) is 30.5 Å². The zero-order chi connectivity index (χ0) is 27.7. The molecule has 40 heavy (non-hydrogen) atoms. The van der Waals surface area contributed by atoms with Gasteiger partial charge in [-0.05, 0) is 50.5 Å². The van der Waals surface area contributed by atoms with E-state index in [2.05, 4.69) is 34.1 Å². The van der Waals surface area contributed by atoms with Crippen LogP contribution in [0, 0.1) is 0 Å². The first kappa shape index (κ1) is 26.9. The number of carbonyl (C=O) groups is 1. The van der Waals surface area contributed by atoms with Crippen LogP contribution in [0.15, 0.2) is 30.5 Å². The molecule has 11 nitrogen and oxygen atoms in total. The number of nitrogens with one attached hydrogen (secondary N) is 2. The summed E-state index contributed by atoms with van der Waals surface area (Å²) in [7, 11) is 1.59. The molecule has 1 saturated carbocycles. The van der Waals surface area contributed by atoms with Gasteiger partial charge in [0, 0.05) is 44.2 Å². The molecular weight excluding hydrogens is 510 g/mol. The van der Waals surface area contributed by atoms with E-state index in [1.165, 1.54) is 0 Å². The summed E-state index contributed by atoms with van der Waals surface area (Å²) in [6.45, 7) is 7.20. The van der Waals surface area contributed by atoms with Gasteiger partial charge < -0.3 is 29.7 Å². The molecule has 2 saturated heterocycles. The lowest BCUT2D eigenvalue weighted by atomic mass is 9.90. The van der Waals surface area contributed by atoms with Crippen molar-refractivity contribution in [2.45, 2.75) is 76.4 Å². The summed E-state index contributed by atoms with van der Waals surface area (Å²) < 4.78 is 20.2. The van der Waals surface area contributed by atoms with Crippen molar-refractivity contribution in [2.75, 3.05) is 43.6 Å². The van der Waals surface area contributed by atoms with Crippen LogP contribution in [-0.4, -0.2) is 77.1 Å². The molecule has 1 aliphatic carbocycles. The molecule has 2 N–H and O–H groups in total. The summed E-state index contributed by atoms with van der Waals surface area (Å²) in [5.41, 5.74) is 2.42. The van der Waals surface area contributed by atoms with Gasteiger partial charge in [0.15, 0.2) is 17.3 Å². The average molecular weight is 550 g/mol. The number of aromatic nitrogens is 4. The van der Waals surface area contributed by atoms with E-state index in [1.807, 2.05) is 30.5 Å². The van der Waals surface area contributed by atoms with Crippen LogP contribution in [0.1, 0.15) is 58.4 Å². The Morgan fingerprint density at radius 3 is 2.55 bits per heavy atom. The first-order chi connectivity index (χ1) is 19.5. The lowest BCUT2D eigenvalue weighted by molar-refractivity contribution is -0.181. The van der Waals surface area contributed by atoms with Crippen LogP contribution in [-0.2, 0) is 14.2 Å². The van der Waals surface area contributed by atoms with E-state index in [4.69, 9.17) is 29.3 Å². The van der Waals surface area contributed by atoms with E-state index >= 15 is 0 Å².